The fraction of sp³-hybridized carbons (Fsp3) is 0.500. The van der Waals surface area contributed by atoms with Crippen LogP contribution in [0.3, 0.4) is 0 Å². The molecule has 1 aliphatic heterocycles. The third kappa shape index (κ3) is 6.55. The second kappa shape index (κ2) is 9.96. The van der Waals surface area contributed by atoms with Crippen molar-refractivity contribution < 1.29 is 36.6 Å². The average Bonchev–Trinajstić information content (AvgIpc) is 2.62. The molecule has 158 valence electrons. The summed E-state index contributed by atoms with van der Waals surface area (Å²) in [5.74, 6) is -3.54. The fourth-order valence-electron chi connectivity index (χ4n) is 2.43. The zero-order valence-corrected chi connectivity index (χ0v) is 17.2. The predicted octanol–water partition coefficient (Wildman–Crippen LogP) is 0.197. The minimum Gasteiger partial charge on any atom is -0.473 e. The molecule has 2 rings (SSSR count). The lowest BCUT2D eigenvalue weighted by atomic mass is 10.2. The molecule has 12 heteroatoms. The van der Waals surface area contributed by atoms with Crippen molar-refractivity contribution in [2.75, 3.05) is 31.9 Å². The molecule has 0 saturated carbocycles. The number of sulfonamides is 2. The van der Waals surface area contributed by atoms with Gasteiger partial charge in [0.15, 0.2) is 0 Å². The van der Waals surface area contributed by atoms with Gasteiger partial charge < -0.3 is 10.2 Å². The number of rotatable bonds is 5. The number of nitrogens with zero attached hydrogens (tertiary/aromatic N) is 2. The van der Waals surface area contributed by atoms with Gasteiger partial charge in [0.25, 0.3) is 0 Å². The predicted molar refractivity (Wildman–Crippen MR) is 101 cm³/mol. The first kappa shape index (κ1) is 24.0. The number of piperazine rings is 1. The van der Waals surface area contributed by atoms with Gasteiger partial charge in [0, 0.05) is 26.2 Å². The lowest BCUT2D eigenvalue weighted by Gasteiger charge is -2.33. The number of hydrogen-bond donors (Lipinski definition) is 2. The monoisotopic (exact) mass is 436 g/mol. The van der Waals surface area contributed by atoms with Crippen molar-refractivity contribution in [3.8, 4) is 0 Å². The van der Waals surface area contributed by atoms with Crippen LogP contribution < -0.4 is 0 Å². The summed E-state index contributed by atoms with van der Waals surface area (Å²) in [5.41, 5.74) is 0.995. The summed E-state index contributed by atoms with van der Waals surface area (Å²) in [6.45, 7) is 4.53. The minimum atomic E-state index is -3.55. The van der Waals surface area contributed by atoms with Crippen LogP contribution in [0.2, 0.25) is 0 Å². The molecule has 0 atom stereocenters. The molecule has 0 spiro atoms. The minimum absolute atomic E-state index is 0.109. The molecule has 0 amide bonds. The van der Waals surface area contributed by atoms with Crippen LogP contribution in [0.15, 0.2) is 29.2 Å². The first-order valence-corrected chi connectivity index (χ1v) is 11.5. The van der Waals surface area contributed by atoms with E-state index in [1.807, 2.05) is 13.8 Å². The van der Waals surface area contributed by atoms with Crippen molar-refractivity contribution in [2.45, 2.75) is 25.2 Å². The Morgan fingerprint density at radius 2 is 1.32 bits per heavy atom. The number of aliphatic carboxylic acids is 2. The summed E-state index contributed by atoms with van der Waals surface area (Å²) in [5, 5.41) is 14.8. The van der Waals surface area contributed by atoms with Gasteiger partial charge in [-0.15, -0.1) is 0 Å². The van der Waals surface area contributed by atoms with Gasteiger partial charge in [0.05, 0.1) is 10.6 Å². The summed E-state index contributed by atoms with van der Waals surface area (Å²) in [4.78, 5) is 18.5. The van der Waals surface area contributed by atoms with E-state index in [9.17, 15) is 16.8 Å². The molecule has 28 heavy (non-hydrogen) atoms. The summed E-state index contributed by atoms with van der Waals surface area (Å²) in [7, 11) is -6.81. The second-order valence-electron chi connectivity index (χ2n) is 6.04. The number of hydrogen-bond acceptors (Lipinski definition) is 6. The van der Waals surface area contributed by atoms with E-state index in [1.165, 1.54) is 8.61 Å². The Balaban J connectivity index is 0.000000568. The highest BCUT2D eigenvalue weighted by molar-refractivity contribution is 7.89. The molecular formula is C16H24N2O8S2. The van der Waals surface area contributed by atoms with E-state index in [4.69, 9.17) is 19.8 Å². The molecule has 10 nitrogen and oxygen atoms in total. The van der Waals surface area contributed by atoms with E-state index in [2.05, 4.69) is 0 Å². The Bertz CT molecular complexity index is 875. The SMILES string of the molecule is CCCS(=O)(=O)N1CCN(S(=O)(=O)c2ccc(C)cc2)CC1.O=C(O)C(=O)O. The average molecular weight is 437 g/mol. The van der Waals surface area contributed by atoms with E-state index in [1.54, 1.807) is 24.3 Å². The highest BCUT2D eigenvalue weighted by Crippen LogP contribution is 2.19. The molecule has 0 bridgehead atoms. The van der Waals surface area contributed by atoms with Crippen LogP contribution in [-0.2, 0) is 29.6 Å². The van der Waals surface area contributed by atoms with Gasteiger partial charge in [-0.25, -0.2) is 26.4 Å². The molecule has 1 saturated heterocycles. The highest BCUT2D eigenvalue weighted by Gasteiger charge is 2.32. The number of benzene rings is 1. The van der Waals surface area contributed by atoms with Crippen LogP contribution in [-0.4, -0.2) is 79.5 Å². The Morgan fingerprint density at radius 3 is 1.71 bits per heavy atom. The maximum absolute atomic E-state index is 12.5. The van der Waals surface area contributed by atoms with Crippen LogP contribution >= 0.6 is 0 Å². The number of aryl methyl sites for hydroxylation is 1. The van der Waals surface area contributed by atoms with Crippen molar-refractivity contribution in [3.05, 3.63) is 29.8 Å². The third-order valence-electron chi connectivity index (χ3n) is 3.89. The molecular weight excluding hydrogens is 412 g/mol. The van der Waals surface area contributed by atoms with E-state index in [0.29, 0.717) is 6.42 Å². The lowest BCUT2D eigenvalue weighted by Crippen LogP contribution is -2.50. The van der Waals surface area contributed by atoms with Crippen LogP contribution in [0.1, 0.15) is 18.9 Å². The maximum atomic E-state index is 12.5. The van der Waals surface area contributed by atoms with Crippen molar-refractivity contribution >= 4 is 32.0 Å². The van der Waals surface area contributed by atoms with E-state index >= 15 is 0 Å². The van der Waals surface area contributed by atoms with Crippen molar-refractivity contribution in [2.24, 2.45) is 0 Å². The van der Waals surface area contributed by atoms with Gasteiger partial charge in [0.1, 0.15) is 0 Å². The second-order valence-corrected chi connectivity index (χ2v) is 10.1. The molecule has 0 aliphatic carbocycles. The fourth-order valence-corrected chi connectivity index (χ4v) is 5.35. The van der Waals surface area contributed by atoms with E-state index in [-0.39, 0.29) is 36.8 Å². The van der Waals surface area contributed by atoms with Gasteiger partial charge in [-0.05, 0) is 25.5 Å². The van der Waals surface area contributed by atoms with E-state index in [0.717, 1.165) is 5.56 Å². The summed E-state index contributed by atoms with van der Waals surface area (Å²) in [6.07, 6.45) is 0.560. The van der Waals surface area contributed by atoms with Gasteiger partial charge in [-0.2, -0.15) is 8.61 Å². The number of carboxylic acid groups (broad SMARTS) is 2. The highest BCUT2D eigenvalue weighted by atomic mass is 32.2. The number of carboxylic acids is 2. The molecule has 0 radical (unpaired) electrons. The summed E-state index contributed by atoms with van der Waals surface area (Å²) in [6, 6.07) is 6.69. The van der Waals surface area contributed by atoms with Crippen molar-refractivity contribution in [1.29, 1.82) is 0 Å². The zero-order chi connectivity index (χ0) is 21.5. The van der Waals surface area contributed by atoms with Crippen molar-refractivity contribution in [3.63, 3.8) is 0 Å². The Hall–Kier alpha value is -2.02. The molecule has 1 aliphatic rings. The van der Waals surface area contributed by atoms with Crippen LogP contribution in [0.4, 0.5) is 0 Å². The Kier molecular flexibility index (Phi) is 8.54. The van der Waals surface area contributed by atoms with Gasteiger partial charge >= 0.3 is 11.9 Å². The largest absolute Gasteiger partial charge is 0.473 e. The maximum Gasteiger partial charge on any atom is 0.414 e. The van der Waals surface area contributed by atoms with Gasteiger partial charge in [-0.3, -0.25) is 0 Å². The molecule has 1 aromatic carbocycles. The topological polar surface area (TPSA) is 149 Å². The van der Waals surface area contributed by atoms with Gasteiger partial charge in [0.2, 0.25) is 20.0 Å². The van der Waals surface area contributed by atoms with Crippen LogP contribution in [0.25, 0.3) is 0 Å². The van der Waals surface area contributed by atoms with Gasteiger partial charge in [-0.1, -0.05) is 24.6 Å². The first-order chi connectivity index (χ1) is 12.9. The quantitative estimate of drug-likeness (QED) is 0.622. The van der Waals surface area contributed by atoms with Crippen LogP contribution in [0.5, 0.6) is 0 Å². The molecule has 2 N–H and O–H groups in total. The normalized spacial score (nSPS) is 16.1. The van der Waals surface area contributed by atoms with Crippen molar-refractivity contribution in [1.82, 2.24) is 8.61 Å². The Labute approximate surface area is 164 Å². The summed E-state index contributed by atoms with van der Waals surface area (Å²) >= 11 is 0. The summed E-state index contributed by atoms with van der Waals surface area (Å²) < 4.78 is 51.8. The number of carbonyl (C=O) groups is 2. The van der Waals surface area contributed by atoms with E-state index < -0.39 is 32.0 Å². The molecule has 0 aromatic heterocycles. The molecule has 1 fully saturated rings. The Morgan fingerprint density at radius 1 is 0.893 bits per heavy atom. The van der Waals surface area contributed by atoms with Crippen LogP contribution in [0, 0.1) is 6.92 Å². The molecule has 1 aromatic rings. The standard InChI is InChI=1S/C14H22N2O4S2.C2H2O4/c1-3-12-21(17,18)15-8-10-16(11-9-15)22(19,20)14-6-4-13(2)5-7-14;3-1(4)2(5)6/h4-7H,3,8-12H2,1-2H3;(H,3,4)(H,5,6). The molecule has 1 heterocycles. The first-order valence-electron chi connectivity index (χ1n) is 8.42. The third-order valence-corrected chi connectivity index (χ3v) is 7.88. The molecule has 0 unspecified atom stereocenters. The lowest BCUT2D eigenvalue weighted by molar-refractivity contribution is -0.159. The zero-order valence-electron chi connectivity index (χ0n) is 15.6. The smallest absolute Gasteiger partial charge is 0.414 e.